The summed E-state index contributed by atoms with van der Waals surface area (Å²) >= 11 is 0. The van der Waals surface area contributed by atoms with Crippen molar-refractivity contribution in [3.63, 3.8) is 0 Å². The molecule has 1 aliphatic rings. The Labute approximate surface area is 152 Å². The van der Waals surface area contributed by atoms with Gasteiger partial charge in [0.2, 0.25) is 0 Å². The van der Waals surface area contributed by atoms with E-state index in [9.17, 15) is 9.59 Å². The van der Waals surface area contributed by atoms with Crippen LogP contribution in [0.3, 0.4) is 0 Å². The van der Waals surface area contributed by atoms with E-state index in [4.69, 9.17) is 14.6 Å². The van der Waals surface area contributed by atoms with Crippen LogP contribution in [-0.4, -0.2) is 47.7 Å². The number of hydrogen-bond acceptors (Lipinski definition) is 4. The number of benzene rings is 2. The molecule has 2 aromatic rings. The van der Waals surface area contributed by atoms with Crippen LogP contribution in [0.1, 0.15) is 23.2 Å². The van der Waals surface area contributed by atoms with Gasteiger partial charge in [-0.05, 0) is 42.8 Å². The summed E-state index contributed by atoms with van der Waals surface area (Å²) in [6, 6.07) is 15.9. The molecule has 0 aliphatic carbocycles. The molecular weight excluding hydrogens is 334 g/mol. The molecule has 1 heterocycles. The minimum absolute atomic E-state index is 0.0825. The number of ether oxygens (including phenoxy) is 2. The molecule has 2 aromatic carbocycles. The summed E-state index contributed by atoms with van der Waals surface area (Å²) in [7, 11) is 1.58. The lowest BCUT2D eigenvalue weighted by molar-refractivity contribution is -0.137. The lowest BCUT2D eigenvalue weighted by Gasteiger charge is -2.23. The number of para-hydroxylation sites is 1. The molecule has 6 nitrogen and oxygen atoms in total. The van der Waals surface area contributed by atoms with Crippen molar-refractivity contribution < 1.29 is 24.2 Å². The predicted molar refractivity (Wildman–Crippen MR) is 95.4 cm³/mol. The molecule has 1 amide bonds. The van der Waals surface area contributed by atoms with Gasteiger partial charge >= 0.3 is 5.97 Å². The van der Waals surface area contributed by atoms with E-state index in [1.54, 1.807) is 36.3 Å². The van der Waals surface area contributed by atoms with Gasteiger partial charge in [0.1, 0.15) is 11.5 Å². The third kappa shape index (κ3) is 4.21. The smallest absolute Gasteiger partial charge is 0.305 e. The summed E-state index contributed by atoms with van der Waals surface area (Å²) in [4.78, 5) is 25.5. The zero-order chi connectivity index (χ0) is 18.5. The molecular formula is C20H21NO5. The van der Waals surface area contributed by atoms with E-state index in [1.807, 2.05) is 30.3 Å². The molecule has 0 radical (unpaired) electrons. The largest absolute Gasteiger partial charge is 0.481 e. The van der Waals surface area contributed by atoms with Crippen molar-refractivity contribution >= 4 is 11.9 Å². The normalized spacial score (nSPS) is 19.3. The first-order valence-electron chi connectivity index (χ1n) is 8.45. The maximum atomic E-state index is 12.8. The molecule has 1 N–H and O–H groups in total. The summed E-state index contributed by atoms with van der Waals surface area (Å²) in [5, 5.41) is 9.08. The van der Waals surface area contributed by atoms with Gasteiger partial charge in [-0.2, -0.15) is 0 Å². The average molecular weight is 355 g/mol. The molecule has 0 saturated carbocycles. The average Bonchev–Trinajstić information content (AvgIpc) is 3.05. The van der Waals surface area contributed by atoms with Crippen LogP contribution in [0.4, 0.5) is 0 Å². The van der Waals surface area contributed by atoms with E-state index in [0.717, 1.165) is 5.75 Å². The monoisotopic (exact) mass is 355 g/mol. The molecule has 1 aliphatic heterocycles. The summed E-state index contributed by atoms with van der Waals surface area (Å²) in [5.41, 5.74) is 0.498. The summed E-state index contributed by atoms with van der Waals surface area (Å²) in [6.07, 6.45) is 0.314. The van der Waals surface area contributed by atoms with Crippen LogP contribution in [0.5, 0.6) is 11.5 Å². The summed E-state index contributed by atoms with van der Waals surface area (Å²) in [6.45, 7) is 0.398. The SMILES string of the molecule is COC1CC(CC(=O)O)N(C(=O)c2ccc(Oc3ccccc3)cc2)C1. The Morgan fingerprint density at radius 3 is 2.35 bits per heavy atom. The van der Waals surface area contributed by atoms with Gasteiger partial charge in [0.05, 0.1) is 12.5 Å². The van der Waals surface area contributed by atoms with Crippen molar-refractivity contribution in [3.8, 4) is 11.5 Å². The summed E-state index contributed by atoms with van der Waals surface area (Å²) in [5.74, 6) is 0.236. The Bertz CT molecular complexity index is 760. The lowest BCUT2D eigenvalue weighted by Crippen LogP contribution is -2.37. The van der Waals surface area contributed by atoms with E-state index in [2.05, 4.69) is 0 Å². The highest BCUT2D eigenvalue weighted by Crippen LogP contribution is 2.26. The fraction of sp³-hybridized carbons (Fsp3) is 0.300. The number of likely N-dealkylation sites (tertiary alicyclic amines) is 1. The van der Waals surface area contributed by atoms with Gasteiger partial charge in [0.25, 0.3) is 5.91 Å². The number of hydrogen-bond donors (Lipinski definition) is 1. The zero-order valence-electron chi connectivity index (χ0n) is 14.5. The van der Waals surface area contributed by atoms with E-state index in [-0.39, 0.29) is 24.5 Å². The van der Waals surface area contributed by atoms with Crippen LogP contribution in [-0.2, 0) is 9.53 Å². The van der Waals surface area contributed by atoms with Crippen LogP contribution < -0.4 is 4.74 Å². The van der Waals surface area contributed by atoms with Crippen LogP contribution in [0.15, 0.2) is 54.6 Å². The maximum Gasteiger partial charge on any atom is 0.305 e. The third-order valence-corrected chi connectivity index (χ3v) is 4.46. The molecule has 0 aromatic heterocycles. The Morgan fingerprint density at radius 2 is 1.73 bits per heavy atom. The van der Waals surface area contributed by atoms with Crippen LogP contribution in [0, 0.1) is 0 Å². The van der Waals surface area contributed by atoms with Gasteiger partial charge in [-0.25, -0.2) is 0 Å². The highest BCUT2D eigenvalue weighted by Gasteiger charge is 2.36. The van der Waals surface area contributed by atoms with Crippen LogP contribution >= 0.6 is 0 Å². The molecule has 1 saturated heterocycles. The first kappa shape index (κ1) is 17.9. The van der Waals surface area contributed by atoms with Crippen molar-refractivity contribution in [2.45, 2.75) is 25.0 Å². The maximum absolute atomic E-state index is 12.8. The zero-order valence-corrected chi connectivity index (χ0v) is 14.5. The standard InChI is InChI=1S/C20H21NO5/c1-25-18-11-15(12-19(22)23)21(13-18)20(24)14-7-9-17(10-8-14)26-16-5-3-2-4-6-16/h2-10,15,18H,11-13H2,1H3,(H,22,23). The van der Waals surface area contributed by atoms with Gasteiger partial charge in [0, 0.05) is 25.3 Å². The molecule has 3 rings (SSSR count). The predicted octanol–water partition coefficient (Wildman–Crippen LogP) is 3.18. The quantitative estimate of drug-likeness (QED) is 0.861. The number of carbonyl (C=O) groups excluding carboxylic acids is 1. The molecule has 136 valence electrons. The number of rotatable bonds is 6. The van der Waals surface area contributed by atoms with Crippen molar-refractivity contribution in [3.05, 3.63) is 60.2 Å². The van der Waals surface area contributed by atoms with E-state index >= 15 is 0 Å². The highest BCUT2D eigenvalue weighted by atomic mass is 16.5. The van der Waals surface area contributed by atoms with Gasteiger partial charge in [-0.3, -0.25) is 9.59 Å². The number of aliphatic carboxylic acids is 1. The number of amides is 1. The fourth-order valence-electron chi connectivity index (χ4n) is 3.14. The first-order valence-corrected chi connectivity index (χ1v) is 8.45. The Balaban J connectivity index is 1.71. The second-order valence-electron chi connectivity index (χ2n) is 6.24. The van der Waals surface area contributed by atoms with Crippen molar-refractivity contribution in [2.75, 3.05) is 13.7 Å². The molecule has 0 spiro atoms. The van der Waals surface area contributed by atoms with E-state index in [1.165, 1.54) is 0 Å². The number of nitrogens with zero attached hydrogens (tertiary/aromatic N) is 1. The number of carbonyl (C=O) groups is 2. The van der Waals surface area contributed by atoms with Gasteiger partial charge in [0.15, 0.2) is 0 Å². The molecule has 26 heavy (non-hydrogen) atoms. The molecule has 2 atom stereocenters. The molecule has 6 heteroatoms. The van der Waals surface area contributed by atoms with Crippen molar-refractivity contribution in [1.29, 1.82) is 0 Å². The lowest BCUT2D eigenvalue weighted by atomic mass is 10.1. The first-order chi connectivity index (χ1) is 12.6. The van der Waals surface area contributed by atoms with E-state index < -0.39 is 5.97 Å². The van der Waals surface area contributed by atoms with Crippen LogP contribution in [0.2, 0.25) is 0 Å². The minimum Gasteiger partial charge on any atom is -0.481 e. The molecule has 2 unspecified atom stereocenters. The van der Waals surface area contributed by atoms with Crippen LogP contribution in [0.25, 0.3) is 0 Å². The van der Waals surface area contributed by atoms with Gasteiger partial charge < -0.3 is 19.5 Å². The number of carboxylic acids is 1. The molecule has 0 bridgehead atoms. The summed E-state index contributed by atoms with van der Waals surface area (Å²) < 4.78 is 11.0. The third-order valence-electron chi connectivity index (χ3n) is 4.46. The number of carboxylic acid groups (broad SMARTS) is 1. The van der Waals surface area contributed by atoms with Gasteiger partial charge in [-0.15, -0.1) is 0 Å². The van der Waals surface area contributed by atoms with Gasteiger partial charge in [-0.1, -0.05) is 18.2 Å². The Hall–Kier alpha value is -2.86. The number of methoxy groups -OCH3 is 1. The second-order valence-corrected chi connectivity index (χ2v) is 6.24. The topological polar surface area (TPSA) is 76.1 Å². The Morgan fingerprint density at radius 1 is 1.08 bits per heavy atom. The minimum atomic E-state index is -0.920. The molecule has 1 fully saturated rings. The van der Waals surface area contributed by atoms with Crippen molar-refractivity contribution in [1.82, 2.24) is 4.90 Å². The second kappa shape index (κ2) is 8.01. The van der Waals surface area contributed by atoms with Crippen molar-refractivity contribution in [2.24, 2.45) is 0 Å². The Kier molecular flexibility index (Phi) is 5.53. The highest BCUT2D eigenvalue weighted by molar-refractivity contribution is 5.95. The fourth-order valence-corrected chi connectivity index (χ4v) is 3.14. The van der Waals surface area contributed by atoms with E-state index in [0.29, 0.717) is 24.3 Å².